The highest BCUT2D eigenvalue weighted by atomic mass is 16.6. The maximum atomic E-state index is 10.7. The molecule has 0 aromatic heterocycles. The third-order valence-electron chi connectivity index (χ3n) is 12.4. The highest BCUT2D eigenvalue weighted by Crippen LogP contribution is 2.53. The van der Waals surface area contributed by atoms with Gasteiger partial charge in [-0.1, -0.05) is 19.6 Å². The van der Waals surface area contributed by atoms with E-state index in [-0.39, 0.29) is 111 Å². The highest BCUT2D eigenvalue weighted by molar-refractivity contribution is 5.59. The largest absolute Gasteiger partial charge is 0.508 e. The summed E-state index contributed by atoms with van der Waals surface area (Å²) in [4.78, 5) is 0. The third-order valence-corrected chi connectivity index (χ3v) is 12.4. The van der Waals surface area contributed by atoms with Gasteiger partial charge >= 0.3 is 0 Å². The maximum absolute atomic E-state index is 10.7. The average molecular weight is 1000 g/mol. The number of hydrogen-bond acceptors (Lipinski definition) is 21. The molecule has 10 rings (SSSR count). The number of benzene rings is 6. The Balaban J connectivity index is 0.000000190. The predicted molar refractivity (Wildman–Crippen MR) is 249 cm³/mol. The Morgan fingerprint density at radius 3 is 1.42 bits per heavy atom. The number of ether oxygens (including phenoxy) is 8. The molecule has 0 aliphatic carbocycles. The van der Waals surface area contributed by atoms with E-state index in [0.717, 1.165) is 6.07 Å². The summed E-state index contributed by atoms with van der Waals surface area (Å²) in [5.41, 5.74) is 1.94. The summed E-state index contributed by atoms with van der Waals surface area (Å²) in [5.74, 6) is -1.14. The van der Waals surface area contributed by atoms with Gasteiger partial charge < -0.3 is 104 Å². The number of aliphatic hydroxyl groups excluding tert-OH is 5. The number of methoxy groups -OCH3 is 2. The van der Waals surface area contributed by atoms with Gasteiger partial charge in [-0.2, -0.15) is 0 Å². The van der Waals surface area contributed by atoms with E-state index < -0.39 is 73.9 Å². The van der Waals surface area contributed by atoms with Crippen LogP contribution in [0.2, 0.25) is 0 Å². The molecule has 9 atom stereocenters. The van der Waals surface area contributed by atoms with Crippen LogP contribution in [0.25, 0.3) is 0 Å². The SMILES string of the molecule is C.COc1cc(C2Oc3cc(C4Oc5cc(O)cc(O)c5C(O)C4O)cc(O)c3OC2CO)ccc1O.COc1cc(C2Oc3cc(C4Oc5cc(O)cc(O)c5CC4O)cc(O)c3OC2CO)ccc1O. The molecule has 21 heteroatoms. The molecule has 0 fully saturated rings. The number of aromatic hydroxyl groups is 8. The molecule has 72 heavy (non-hydrogen) atoms. The van der Waals surface area contributed by atoms with Gasteiger partial charge in [0.05, 0.1) is 39.1 Å². The zero-order valence-corrected chi connectivity index (χ0v) is 37.5. The predicted octanol–water partition coefficient (Wildman–Crippen LogP) is 4.98. The maximum Gasteiger partial charge on any atom is 0.203 e. The van der Waals surface area contributed by atoms with E-state index in [0.29, 0.717) is 22.3 Å². The summed E-state index contributed by atoms with van der Waals surface area (Å²) < 4.78 is 45.8. The topological polar surface area (TPSA) is 337 Å². The Hall–Kier alpha value is -8.08. The second kappa shape index (κ2) is 20.0. The lowest BCUT2D eigenvalue weighted by atomic mass is 9.91. The fourth-order valence-electron chi connectivity index (χ4n) is 8.93. The van der Waals surface area contributed by atoms with Crippen LogP contribution < -0.4 is 37.9 Å². The number of phenolic OH excluding ortho intramolecular Hbond substituents is 8. The number of fused-ring (bicyclic) bond motifs is 4. The molecule has 0 spiro atoms. The summed E-state index contributed by atoms with van der Waals surface area (Å²) in [7, 11) is 2.80. The molecule has 382 valence electrons. The number of rotatable bonds is 8. The van der Waals surface area contributed by atoms with Crippen LogP contribution in [0.5, 0.6) is 92.0 Å². The molecule has 0 radical (unpaired) electrons. The van der Waals surface area contributed by atoms with Gasteiger partial charge in [0.1, 0.15) is 46.7 Å². The van der Waals surface area contributed by atoms with Crippen molar-refractivity contribution in [2.45, 2.75) is 68.8 Å². The zero-order chi connectivity index (χ0) is 50.6. The first-order chi connectivity index (χ1) is 34.0. The van der Waals surface area contributed by atoms with E-state index in [1.807, 2.05) is 0 Å². The van der Waals surface area contributed by atoms with E-state index in [2.05, 4.69) is 0 Å². The second-order valence-electron chi connectivity index (χ2n) is 17.0. The smallest absolute Gasteiger partial charge is 0.203 e. The fourth-order valence-corrected chi connectivity index (χ4v) is 8.93. The molecular weight excluding hydrogens is 949 g/mol. The summed E-state index contributed by atoms with van der Waals surface area (Å²) in [5, 5.41) is 133. The Labute approximate surface area is 409 Å². The fraction of sp³-hybridized carbons (Fsp3) is 0.294. The summed E-state index contributed by atoms with van der Waals surface area (Å²) in [6.07, 6.45) is -9.67. The minimum Gasteiger partial charge on any atom is -0.508 e. The first-order valence-electron chi connectivity index (χ1n) is 21.8. The lowest BCUT2D eigenvalue weighted by Gasteiger charge is -2.37. The van der Waals surface area contributed by atoms with Crippen molar-refractivity contribution >= 4 is 0 Å². The first-order valence-corrected chi connectivity index (χ1v) is 21.8. The zero-order valence-electron chi connectivity index (χ0n) is 37.5. The average Bonchev–Trinajstić information content (AvgIpc) is 3.34. The summed E-state index contributed by atoms with van der Waals surface area (Å²) in [6.45, 7) is -0.863. The van der Waals surface area contributed by atoms with Gasteiger partial charge in [0.15, 0.2) is 82.6 Å². The van der Waals surface area contributed by atoms with Crippen LogP contribution in [-0.4, -0.2) is 118 Å². The van der Waals surface area contributed by atoms with Crippen LogP contribution in [0.4, 0.5) is 0 Å². The van der Waals surface area contributed by atoms with Crippen LogP contribution in [0, 0.1) is 0 Å². The van der Waals surface area contributed by atoms with Crippen LogP contribution in [0.3, 0.4) is 0 Å². The quantitative estimate of drug-likeness (QED) is 0.0955. The Bertz CT molecular complexity index is 2980. The molecule has 4 aliphatic heterocycles. The van der Waals surface area contributed by atoms with E-state index in [1.165, 1.54) is 68.8 Å². The number of aliphatic hydroxyl groups is 5. The van der Waals surface area contributed by atoms with Crippen LogP contribution in [-0.2, 0) is 6.42 Å². The number of hydrogen-bond donors (Lipinski definition) is 13. The standard InChI is InChI=1S/C25H24O11.C25H24O10.CH4/c1-33-16-5-10(2-3-13(16)28)23-19(9-26)36-25-15(30)4-11(6-18(25)35-23)24-22(32)21(31)20-14(29)7-12(27)8-17(20)34-24;1-32-20-5-11(2-3-15(20)28)24-22(10-26)35-25-17(30)4-12(6-21(25)34-24)23-18(31)9-14-16(29)7-13(27)8-19(14)33-23;/h2-8,19,21-24,26-32H,9H2,1H3;2-8,18,22-24,26-31H,9-10H2,1H3;1H4. The molecule has 0 bridgehead atoms. The minimum absolute atomic E-state index is 0. The lowest BCUT2D eigenvalue weighted by Crippen LogP contribution is -2.37. The van der Waals surface area contributed by atoms with Gasteiger partial charge in [0.2, 0.25) is 11.5 Å². The van der Waals surface area contributed by atoms with Crippen molar-refractivity contribution in [3.8, 4) is 92.0 Å². The number of phenols is 8. The van der Waals surface area contributed by atoms with Crippen molar-refractivity contribution < 1.29 is 104 Å². The normalized spacial score (nSPS) is 23.3. The summed E-state index contributed by atoms with van der Waals surface area (Å²) in [6, 6.07) is 19.4. The van der Waals surface area contributed by atoms with E-state index >= 15 is 0 Å². The molecule has 6 aromatic rings. The van der Waals surface area contributed by atoms with Gasteiger partial charge in [-0.15, -0.1) is 0 Å². The van der Waals surface area contributed by atoms with Crippen molar-refractivity contribution in [1.82, 2.24) is 0 Å². The Morgan fingerprint density at radius 2 is 0.917 bits per heavy atom. The van der Waals surface area contributed by atoms with E-state index in [1.54, 1.807) is 24.3 Å². The Kier molecular flexibility index (Phi) is 14.0. The van der Waals surface area contributed by atoms with Gasteiger partial charge in [0.25, 0.3) is 0 Å². The molecule has 21 nitrogen and oxygen atoms in total. The molecule has 4 heterocycles. The van der Waals surface area contributed by atoms with Crippen molar-refractivity contribution in [2.75, 3.05) is 27.4 Å². The van der Waals surface area contributed by atoms with E-state index in [9.17, 15) is 66.4 Å². The van der Waals surface area contributed by atoms with Crippen molar-refractivity contribution in [3.63, 3.8) is 0 Å². The van der Waals surface area contributed by atoms with Crippen LogP contribution in [0.1, 0.15) is 71.3 Å². The van der Waals surface area contributed by atoms with E-state index in [4.69, 9.17) is 37.9 Å². The van der Waals surface area contributed by atoms with Crippen LogP contribution >= 0.6 is 0 Å². The van der Waals surface area contributed by atoms with Crippen molar-refractivity contribution in [1.29, 1.82) is 0 Å². The highest BCUT2D eigenvalue weighted by Gasteiger charge is 2.42. The molecule has 13 N–H and O–H groups in total. The molecule has 6 aromatic carbocycles. The molecule has 0 amide bonds. The lowest BCUT2D eigenvalue weighted by molar-refractivity contribution is -0.0714. The minimum atomic E-state index is -1.55. The molecule has 0 saturated heterocycles. The monoisotopic (exact) mass is 1000 g/mol. The second-order valence-corrected chi connectivity index (χ2v) is 17.0. The van der Waals surface area contributed by atoms with Gasteiger partial charge in [-0.05, 0) is 48.5 Å². The molecule has 0 saturated carbocycles. The molecule has 9 unspecified atom stereocenters. The molecule has 4 aliphatic rings. The van der Waals surface area contributed by atoms with Crippen LogP contribution in [0.15, 0.2) is 84.9 Å². The molecular formula is C51H52O21. The third kappa shape index (κ3) is 9.21. The van der Waals surface area contributed by atoms with Gasteiger partial charge in [0, 0.05) is 58.5 Å². The summed E-state index contributed by atoms with van der Waals surface area (Å²) >= 11 is 0. The first kappa shape index (κ1) is 50.3. The van der Waals surface area contributed by atoms with Crippen molar-refractivity contribution in [3.05, 3.63) is 118 Å². The van der Waals surface area contributed by atoms with Gasteiger partial charge in [-0.3, -0.25) is 0 Å². The van der Waals surface area contributed by atoms with Gasteiger partial charge in [-0.25, -0.2) is 0 Å². The van der Waals surface area contributed by atoms with Crippen molar-refractivity contribution in [2.24, 2.45) is 0 Å². The Morgan fingerprint density at radius 1 is 0.458 bits per heavy atom.